The van der Waals surface area contributed by atoms with E-state index < -0.39 is 11.9 Å². The maximum absolute atomic E-state index is 12.0. The van der Waals surface area contributed by atoms with Gasteiger partial charge < -0.3 is 11.1 Å². The second-order valence-corrected chi connectivity index (χ2v) is 6.13. The molecule has 2 rings (SSSR count). The van der Waals surface area contributed by atoms with Gasteiger partial charge in [0.1, 0.15) is 6.04 Å². The number of hydrogen-bond acceptors (Lipinski definition) is 3. The Kier molecular flexibility index (Phi) is 6.71. The van der Waals surface area contributed by atoms with Crippen LogP contribution in [0.25, 0.3) is 0 Å². The van der Waals surface area contributed by atoms with E-state index in [-0.39, 0.29) is 11.8 Å². The number of anilines is 1. The van der Waals surface area contributed by atoms with Crippen LogP contribution in [0.15, 0.2) is 54.6 Å². The molecular formula is C20H25N3O2. The Morgan fingerprint density at radius 1 is 1.08 bits per heavy atom. The SMILES string of the molecule is CC[C@@H](C)C(=O)Nc1cccc(CN[C@H](C(N)=O)c2ccccc2)c1. The number of primary amides is 1. The van der Waals surface area contributed by atoms with Crippen LogP contribution in [-0.2, 0) is 16.1 Å². The molecule has 5 heteroatoms. The Hall–Kier alpha value is -2.66. The van der Waals surface area contributed by atoms with Crippen molar-refractivity contribution < 1.29 is 9.59 Å². The molecule has 0 aliphatic heterocycles. The number of benzene rings is 2. The molecule has 2 atom stereocenters. The lowest BCUT2D eigenvalue weighted by Crippen LogP contribution is -2.33. The highest BCUT2D eigenvalue weighted by Crippen LogP contribution is 2.16. The molecule has 2 amide bonds. The molecule has 0 unspecified atom stereocenters. The van der Waals surface area contributed by atoms with Gasteiger partial charge in [-0.15, -0.1) is 0 Å². The van der Waals surface area contributed by atoms with Crippen molar-refractivity contribution in [1.29, 1.82) is 0 Å². The number of hydrogen-bond donors (Lipinski definition) is 3. The van der Waals surface area contributed by atoms with Crippen molar-refractivity contribution in [2.24, 2.45) is 11.7 Å². The Morgan fingerprint density at radius 2 is 1.80 bits per heavy atom. The minimum Gasteiger partial charge on any atom is -0.368 e. The third-order valence-corrected chi connectivity index (χ3v) is 4.18. The molecule has 0 aliphatic carbocycles. The third kappa shape index (κ3) is 5.43. The molecule has 0 spiro atoms. The summed E-state index contributed by atoms with van der Waals surface area (Å²) >= 11 is 0. The van der Waals surface area contributed by atoms with Crippen molar-refractivity contribution in [3.63, 3.8) is 0 Å². The van der Waals surface area contributed by atoms with Crippen LogP contribution < -0.4 is 16.4 Å². The van der Waals surface area contributed by atoms with Crippen LogP contribution >= 0.6 is 0 Å². The van der Waals surface area contributed by atoms with E-state index >= 15 is 0 Å². The first kappa shape index (κ1) is 18.7. The van der Waals surface area contributed by atoms with Crippen molar-refractivity contribution in [3.05, 3.63) is 65.7 Å². The third-order valence-electron chi connectivity index (χ3n) is 4.18. The van der Waals surface area contributed by atoms with E-state index in [2.05, 4.69) is 10.6 Å². The molecule has 5 nitrogen and oxygen atoms in total. The van der Waals surface area contributed by atoms with Crippen molar-refractivity contribution >= 4 is 17.5 Å². The van der Waals surface area contributed by atoms with E-state index in [1.54, 1.807) is 0 Å². The van der Waals surface area contributed by atoms with Gasteiger partial charge in [0.25, 0.3) is 0 Å². The molecular weight excluding hydrogens is 314 g/mol. The lowest BCUT2D eigenvalue weighted by atomic mass is 10.1. The fraction of sp³-hybridized carbons (Fsp3) is 0.300. The average Bonchev–Trinajstić information content (AvgIpc) is 2.62. The van der Waals surface area contributed by atoms with Crippen LogP contribution in [0.2, 0.25) is 0 Å². The largest absolute Gasteiger partial charge is 0.368 e. The Labute approximate surface area is 148 Å². The van der Waals surface area contributed by atoms with Crippen molar-refractivity contribution in [1.82, 2.24) is 5.32 Å². The molecule has 0 radical (unpaired) electrons. The van der Waals surface area contributed by atoms with E-state index in [1.807, 2.05) is 68.4 Å². The summed E-state index contributed by atoms with van der Waals surface area (Å²) in [5, 5.41) is 6.10. The van der Waals surface area contributed by atoms with E-state index in [9.17, 15) is 9.59 Å². The van der Waals surface area contributed by atoms with Crippen LogP contribution in [0, 0.1) is 5.92 Å². The fourth-order valence-electron chi connectivity index (χ4n) is 2.46. The molecule has 0 aliphatic rings. The predicted octanol–water partition coefficient (Wildman–Crippen LogP) is 2.99. The minimum absolute atomic E-state index is 0.00640. The second kappa shape index (κ2) is 8.99. The van der Waals surface area contributed by atoms with Crippen LogP contribution in [0.4, 0.5) is 5.69 Å². The average molecular weight is 339 g/mol. The quantitative estimate of drug-likeness (QED) is 0.691. The smallest absolute Gasteiger partial charge is 0.239 e. The number of nitrogens with one attached hydrogen (secondary N) is 2. The zero-order valence-corrected chi connectivity index (χ0v) is 14.7. The van der Waals surface area contributed by atoms with Gasteiger partial charge in [-0.25, -0.2) is 0 Å². The van der Waals surface area contributed by atoms with Gasteiger partial charge in [-0.3, -0.25) is 14.9 Å². The van der Waals surface area contributed by atoms with Gasteiger partial charge in [0.2, 0.25) is 11.8 Å². The first-order valence-corrected chi connectivity index (χ1v) is 8.48. The summed E-state index contributed by atoms with van der Waals surface area (Å²) in [6.07, 6.45) is 0.796. The summed E-state index contributed by atoms with van der Waals surface area (Å²) in [5.41, 5.74) is 8.06. The standard InChI is InChI=1S/C20H25N3O2/c1-3-14(2)20(25)23-17-11-7-8-15(12-17)13-22-18(19(21)24)16-9-5-4-6-10-16/h4-12,14,18,22H,3,13H2,1-2H3,(H2,21,24)(H,23,25)/t14-,18+/m1/s1. The lowest BCUT2D eigenvalue weighted by molar-refractivity contribution is -0.120. The fourth-order valence-corrected chi connectivity index (χ4v) is 2.46. The summed E-state index contributed by atoms with van der Waals surface area (Å²) in [6.45, 7) is 4.35. The molecule has 0 heterocycles. The van der Waals surface area contributed by atoms with Crippen molar-refractivity contribution in [3.8, 4) is 0 Å². The van der Waals surface area contributed by atoms with Crippen molar-refractivity contribution in [2.75, 3.05) is 5.32 Å². The highest BCUT2D eigenvalue weighted by atomic mass is 16.2. The van der Waals surface area contributed by atoms with Crippen molar-refractivity contribution in [2.45, 2.75) is 32.9 Å². The minimum atomic E-state index is -0.556. The number of amides is 2. The molecule has 0 fully saturated rings. The van der Waals surface area contributed by atoms with E-state index in [4.69, 9.17) is 5.73 Å². The number of carbonyl (C=O) groups excluding carboxylic acids is 2. The number of carbonyl (C=O) groups is 2. The van der Waals surface area contributed by atoms with Gasteiger partial charge in [0.15, 0.2) is 0 Å². The molecule has 0 aromatic heterocycles. The lowest BCUT2D eigenvalue weighted by Gasteiger charge is -2.16. The monoisotopic (exact) mass is 339 g/mol. The molecule has 0 saturated heterocycles. The molecule has 0 saturated carbocycles. The zero-order chi connectivity index (χ0) is 18.2. The van der Waals surface area contributed by atoms with Crippen LogP contribution in [0.5, 0.6) is 0 Å². The molecule has 25 heavy (non-hydrogen) atoms. The zero-order valence-electron chi connectivity index (χ0n) is 14.7. The second-order valence-electron chi connectivity index (χ2n) is 6.13. The predicted molar refractivity (Wildman–Crippen MR) is 99.7 cm³/mol. The molecule has 2 aromatic rings. The summed E-state index contributed by atoms with van der Waals surface area (Å²) in [5.74, 6) is -0.446. The van der Waals surface area contributed by atoms with Crippen LogP contribution in [0.3, 0.4) is 0 Å². The number of nitrogens with two attached hydrogens (primary N) is 1. The number of rotatable bonds is 8. The van der Waals surface area contributed by atoms with Gasteiger partial charge >= 0.3 is 0 Å². The van der Waals surface area contributed by atoms with E-state index in [0.29, 0.717) is 6.54 Å². The maximum Gasteiger partial charge on any atom is 0.239 e. The summed E-state index contributed by atoms with van der Waals surface area (Å²) in [6, 6.07) is 16.4. The normalized spacial score (nSPS) is 13.0. The van der Waals surface area contributed by atoms with Gasteiger partial charge in [-0.05, 0) is 29.7 Å². The van der Waals surface area contributed by atoms with Crippen LogP contribution in [0.1, 0.15) is 37.4 Å². The first-order chi connectivity index (χ1) is 12.0. The summed E-state index contributed by atoms with van der Waals surface area (Å²) in [4.78, 5) is 23.8. The topological polar surface area (TPSA) is 84.2 Å². The van der Waals surface area contributed by atoms with E-state index in [0.717, 1.165) is 23.2 Å². The Balaban J connectivity index is 2.03. The summed E-state index contributed by atoms with van der Waals surface area (Å²) in [7, 11) is 0. The molecule has 0 bridgehead atoms. The molecule has 4 N–H and O–H groups in total. The Bertz CT molecular complexity index is 716. The van der Waals surface area contributed by atoms with Crippen LogP contribution in [-0.4, -0.2) is 11.8 Å². The highest BCUT2D eigenvalue weighted by Gasteiger charge is 2.17. The molecule has 2 aromatic carbocycles. The Morgan fingerprint density at radius 3 is 2.44 bits per heavy atom. The van der Waals surface area contributed by atoms with Gasteiger partial charge in [-0.1, -0.05) is 56.3 Å². The van der Waals surface area contributed by atoms with Gasteiger partial charge in [-0.2, -0.15) is 0 Å². The van der Waals surface area contributed by atoms with Gasteiger partial charge in [0.05, 0.1) is 0 Å². The summed E-state index contributed by atoms with van der Waals surface area (Å²) < 4.78 is 0. The maximum atomic E-state index is 12.0. The van der Waals surface area contributed by atoms with Gasteiger partial charge in [0, 0.05) is 18.2 Å². The van der Waals surface area contributed by atoms with E-state index in [1.165, 1.54) is 0 Å². The first-order valence-electron chi connectivity index (χ1n) is 8.48. The molecule has 132 valence electrons. The highest BCUT2D eigenvalue weighted by molar-refractivity contribution is 5.92.